The van der Waals surface area contributed by atoms with Crippen LogP contribution in [0.25, 0.3) is 10.2 Å². The molecule has 30 heavy (non-hydrogen) atoms. The molecule has 0 radical (unpaired) electrons. The molecule has 0 N–H and O–H groups in total. The highest BCUT2D eigenvalue weighted by Crippen LogP contribution is 2.35. The van der Waals surface area contributed by atoms with Gasteiger partial charge in [-0.1, -0.05) is 32.0 Å². The molecular formula is C24H25N3O2S. The van der Waals surface area contributed by atoms with Crippen molar-refractivity contribution in [2.75, 3.05) is 24.7 Å². The van der Waals surface area contributed by atoms with Crippen molar-refractivity contribution in [2.24, 2.45) is 0 Å². The molecule has 0 aliphatic carbocycles. The minimum atomic E-state index is -0.409. The highest BCUT2D eigenvalue weighted by atomic mass is 32.1. The predicted octanol–water partition coefficient (Wildman–Crippen LogP) is 4.79. The van der Waals surface area contributed by atoms with Gasteiger partial charge in [-0.15, -0.1) is 11.3 Å². The lowest BCUT2D eigenvalue weighted by molar-refractivity contribution is -0.114. The van der Waals surface area contributed by atoms with Crippen LogP contribution in [0.2, 0.25) is 0 Å². The molecule has 1 atom stereocenters. The fraction of sp³-hybridized carbons (Fsp3) is 0.375. The number of para-hydroxylation sites is 1. The number of anilines is 1. The summed E-state index contributed by atoms with van der Waals surface area (Å²) in [6, 6.07) is 14.1. The van der Waals surface area contributed by atoms with Crippen molar-refractivity contribution in [3.63, 3.8) is 0 Å². The van der Waals surface area contributed by atoms with Crippen molar-refractivity contribution in [1.82, 2.24) is 9.88 Å². The van der Waals surface area contributed by atoms with Crippen LogP contribution in [-0.2, 0) is 4.79 Å². The zero-order valence-corrected chi connectivity index (χ0v) is 18.1. The largest absolute Gasteiger partial charge is 0.300 e. The van der Waals surface area contributed by atoms with Gasteiger partial charge >= 0.3 is 5.91 Å². The van der Waals surface area contributed by atoms with E-state index in [4.69, 9.17) is 4.98 Å². The Morgan fingerprint density at radius 2 is 2.00 bits per heavy atom. The summed E-state index contributed by atoms with van der Waals surface area (Å²) in [5, 5.41) is 1.17. The molecule has 1 aromatic heterocycles. The molecule has 0 saturated carbocycles. The van der Waals surface area contributed by atoms with Gasteiger partial charge in [0.05, 0.1) is 33.1 Å². The van der Waals surface area contributed by atoms with Crippen molar-refractivity contribution in [1.29, 1.82) is 0 Å². The van der Waals surface area contributed by atoms with Crippen molar-refractivity contribution >= 4 is 38.9 Å². The van der Waals surface area contributed by atoms with Crippen LogP contribution < -0.4 is 4.90 Å². The first-order valence-electron chi connectivity index (χ1n) is 10.6. The molecule has 5 rings (SSSR count). The average molecular weight is 420 g/mol. The zero-order valence-electron chi connectivity index (χ0n) is 17.3. The number of fused-ring (bicyclic) bond motifs is 2. The lowest BCUT2D eigenvalue weighted by atomic mass is 9.99. The summed E-state index contributed by atoms with van der Waals surface area (Å²) < 4.78 is 1.22. The van der Waals surface area contributed by atoms with Gasteiger partial charge in [0.25, 0.3) is 5.78 Å². The number of aromatic nitrogens is 1. The molecule has 0 bridgehead atoms. The number of thiazole rings is 1. The first-order valence-corrected chi connectivity index (χ1v) is 11.4. The van der Waals surface area contributed by atoms with E-state index in [-0.39, 0.29) is 5.78 Å². The van der Waals surface area contributed by atoms with Crippen LogP contribution in [0.1, 0.15) is 59.5 Å². The number of amides is 1. The fourth-order valence-corrected chi connectivity index (χ4v) is 5.56. The van der Waals surface area contributed by atoms with Crippen LogP contribution in [0.3, 0.4) is 0 Å². The highest BCUT2D eigenvalue weighted by Gasteiger charge is 2.37. The summed E-state index contributed by atoms with van der Waals surface area (Å²) in [6.45, 7) is 6.43. The molecule has 1 saturated heterocycles. The van der Waals surface area contributed by atoms with Crippen molar-refractivity contribution in [2.45, 2.75) is 38.5 Å². The number of carbonyl (C=O) groups is 2. The zero-order chi connectivity index (χ0) is 20.8. The topological polar surface area (TPSA) is 53.5 Å². The normalized spacial score (nSPS) is 19.8. The van der Waals surface area contributed by atoms with Crippen LogP contribution in [0.15, 0.2) is 42.5 Å². The molecule has 0 unspecified atom stereocenters. The van der Waals surface area contributed by atoms with Gasteiger partial charge in [-0.2, -0.15) is 0 Å². The predicted molar refractivity (Wildman–Crippen MR) is 120 cm³/mol. The maximum atomic E-state index is 12.7. The lowest BCUT2D eigenvalue weighted by Crippen LogP contribution is -2.44. The maximum absolute atomic E-state index is 12.7. The van der Waals surface area contributed by atoms with Crippen molar-refractivity contribution < 1.29 is 9.59 Å². The molecule has 3 aromatic rings. The minimum absolute atomic E-state index is 0.323. The molecule has 1 amide bonds. The standard InChI is InChI=1S/C24H25N3O2S/c1-15(2)16-9-10-20-18(12-16)22(28)24(29)27(20)14-26-11-5-6-17(13-26)23-25-19-7-3-4-8-21(19)30-23/h3-4,7-10,12,15,17H,5-6,11,13-14H2,1-2H3/t17-/m1/s1. The number of benzene rings is 2. The number of carbonyl (C=O) groups excluding carboxylic acids is 2. The number of ketones is 1. The summed E-state index contributed by atoms with van der Waals surface area (Å²) in [4.78, 5) is 34.1. The van der Waals surface area contributed by atoms with Crippen molar-refractivity contribution in [3.05, 3.63) is 58.6 Å². The van der Waals surface area contributed by atoms with Gasteiger partial charge in [0.1, 0.15) is 0 Å². The van der Waals surface area contributed by atoms with Crippen molar-refractivity contribution in [3.8, 4) is 0 Å². The number of hydrogen-bond donors (Lipinski definition) is 0. The highest BCUT2D eigenvalue weighted by molar-refractivity contribution is 7.18. The lowest BCUT2D eigenvalue weighted by Gasteiger charge is -2.34. The Kier molecular flexibility index (Phi) is 4.91. The Bertz CT molecular complexity index is 1100. The van der Waals surface area contributed by atoms with Gasteiger partial charge < -0.3 is 0 Å². The SMILES string of the molecule is CC(C)c1ccc2c(c1)C(=O)C(=O)N2CN1CCC[C@@H](c2nc3ccccc3s2)C1. The summed E-state index contributed by atoms with van der Waals surface area (Å²) in [7, 11) is 0. The Labute approximate surface area is 180 Å². The number of rotatable bonds is 4. The van der Waals surface area contributed by atoms with Crippen LogP contribution in [0.4, 0.5) is 5.69 Å². The molecule has 1 fully saturated rings. The van der Waals surface area contributed by atoms with E-state index in [2.05, 4.69) is 36.9 Å². The monoisotopic (exact) mass is 419 g/mol. The van der Waals surface area contributed by atoms with E-state index in [9.17, 15) is 9.59 Å². The quantitative estimate of drug-likeness (QED) is 0.571. The summed E-state index contributed by atoms with van der Waals surface area (Å²) in [5.41, 5.74) is 3.44. The molecule has 0 spiro atoms. The van der Waals surface area contributed by atoms with E-state index >= 15 is 0 Å². The molecule has 6 heteroatoms. The van der Waals surface area contributed by atoms with Crippen LogP contribution >= 0.6 is 11.3 Å². The maximum Gasteiger partial charge on any atom is 0.300 e. The number of Topliss-reactive ketones (excluding diaryl/α,β-unsaturated/α-hetero) is 1. The second kappa shape index (κ2) is 7.60. The Morgan fingerprint density at radius 1 is 1.17 bits per heavy atom. The molecule has 5 nitrogen and oxygen atoms in total. The van der Waals surface area contributed by atoms with E-state index in [1.54, 1.807) is 16.2 Å². The van der Waals surface area contributed by atoms with Gasteiger partial charge in [0.2, 0.25) is 0 Å². The van der Waals surface area contributed by atoms with Crippen LogP contribution in [-0.4, -0.2) is 41.3 Å². The Balaban J connectivity index is 1.36. The molecule has 2 aliphatic heterocycles. The minimum Gasteiger partial charge on any atom is -0.291 e. The first-order chi connectivity index (χ1) is 14.5. The fourth-order valence-electron chi connectivity index (χ4n) is 4.47. The third-order valence-corrected chi connectivity index (χ3v) is 7.37. The number of hydrogen-bond acceptors (Lipinski definition) is 5. The number of nitrogens with zero attached hydrogens (tertiary/aromatic N) is 3. The summed E-state index contributed by atoms with van der Waals surface area (Å²) in [6.07, 6.45) is 2.17. The summed E-state index contributed by atoms with van der Waals surface area (Å²) >= 11 is 1.77. The van der Waals surface area contributed by atoms with Gasteiger partial charge in [-0.05, 0) is 55.1 Å². The van der Waals surface area contributed by atoms with E-state index in [0.29, 0.717) is 24.1 Å². The van der Waals surface area contributed by atoms with E-state index in [1.807, 2.05) is 24.3 Å². The van der Waals surface area contributed by atoms with Gasteiger partial charge in [-0.3, -0.25) is 19.4 Å². The Hall–Kier alpha value is -2.57. The Morgan fingerprint density at radius 3 is 2.80 bits per heavy atom. The molecule has 2 aromatic carbocycles. The van der Waals surface area contributed by atoms with Crippen LogP contribution in [0.5, 0.6) is 0 Å². The van der Waals surface area contributed by atoms with E-state index in [0.717, 1.165) is 42.7 Å². The van der Waals surface area contributed by atoms with E-state index < -0.39 is 5.91 Å². The van der Waals surface area contributed by atoms with Gasteiger partial charge in [-0.25, -0.2) is 4.98 Å². The van der Waals surface area contributed by atoms with Crippen LogP contribution in [0, 0.1) is 0 Å². The summed E-state index contributed by atoms with van der Waals surface area (Å²) in [5.74, 6) is -0.100. The second-order valence-corrected chi connectivity index (χ2v) is 9.63. The van der Waals surface area contributed by atoms with E-state index in [1.165, 1.54) is 9.71 Å². The second-order valence-electron chi connectivity index (χ2n) is 8.57. The molecule has 3 heterocycles. The van der Waals surface area contributed by atoms with Gasteiger partial charge in [0, 0.05) is 12.5 Å². The third kappa shape index (κ3) is 3.34. The van der Waals surface area contributed by atoms with Gasteiger partial charge in [0.15, 0.2) is 0 Å². The molecular weight excluding hydrogens is 394 g/mol. The smallest absolute Gasteiger partial charge is 0.291 e. The third-order valence-electron chi connectivity index (χ3n) is 6.17. The first kappa shape index (κ1) is 19.4. The average Bonchev–Trinajstić information content (AvgIpc) is 3.29. The number of piperidine rings is 1. The molecule has 154 valence electrons. The molecule has 2 aliphatic rings. The number of likely N-dealkylation sites (tertiary alicyclic amines) is 1.